The minimum absolute atomic E-state index is 0.0717. The van der Waals surface area contributed by atoms with Gasteiger partial charge in [-0.2, -0.15) is 0 Å². The molecule has 6 heteroatoms. The Bertz CT molecular complexity index is 771. The zero-order valence-corrected chi connectivity index (χ0v) is 16.2. The highest BCUT2D eigenvalue weighted by Crippen LogP contribution is 2.36. The van der Waals surface area contributed by atoms with Gasteiger partial charge in [-0.1, -0.05) is 19.3 Å². The minimum Gasteiger partial charge on any atom is -0.465 e. The van der Waals surface area contributed by atoms with Crippen molar-refractivity contribution in [2.75, 3.05) is 12.4 Å². The molecule has 136 valence electrons. The van der Waals surface area contributed by atoms with Gasteiger partial charge in [0.2, 0.25) is 5.91 Å². The Kier molecular flexibility index (Phi) is 6.04. The number of halogens is 1. The second-order valence-corrected chi connectivity index (χ2v) is 7.46. The number of carbonyl (C=O) groups excluding carboxylic acids is 2. The normalized spacial score (nSPS) is 15.0. The smallest absolute Gasteiger partial charge is 0.337 e. The van der Waals surface area contributed by atoms with Gasteiger partial charge in [0.05, 0.1) is 24.3 Å². The van der Waals surface area contributed by atoms with Crippen LogP contribution in [0, 0.1) is 5.92 Å². The summed E-state index contributed by atoms with van der Waals surface area (Å²) in [6.07, 6.45) is 6.12. The van der Waals surface area contributed by atoms with Crippen molar-refractivity contribution < 1.29 is 14.3 Å². The summed E-state index contributed by atoms with van der Waals surface area (Å²) in [6, 6.07) is 10.5. The quantitative estimate of drug-likeness (QED) is 0.701. The molecule has 2 aromatic rings. The van der Waals surface area contributed by atoms with E-state index in [0.717, 1.165) is 16.6 Å². The number of amides is 1. The summed E-state index contributed by atoms with van der Waals surface area (Å²) in [5, 5.41) is 2.95. The Hall–Kier alpha value is -2.21. The van der Waals surface area contributed by atoms with Gasteiger partial charge in [-0.15, -0.1) is 0 Å². The first kappa shape index (κ1) is 18.6. The molecule has 1 aliphatic carbocycles. The number of hydrogen-bond donors (Lipinski definition) is 1. The molecule has 1 unspecified atom stereocenters. The summed E-state index contributed by atoms with van der Waals surface area (Å²) in [7, 11) is 1.34. The predicted octanol–water partition coefficient (Wildman–Crippen LogP) is 4.54. The van der Waals surface area contributed by atoms with Gasteiger partial charge in [0.25, 0.3) is 0 Å². The van der Waals surface area contributed by atoms with E-state index in [4.69, 9.17) is 0 Å². The first-order valence-electron chi connectivity index (χ1n) is 8.67. The third-order valence-corrected chi connectivity index (χ3v) is 5.26. The average molecular weight is 417 g/mol. The Morgan fingerprint density at radius 2 is 1.96 bits per heavy atom. The molecule has 5 nitrogen and oxygen atoms in total. The summed E-state index contributed by atoms with van der Waals surface area (Å²) < 4.78 is 5.58. The van der Waals surface area contributed by atoms with Crippen LogP contribution in [0.15, 0.2) is 47.1 Å². The zero-order chi connectivity index (χ0) is 18.5. The highest BCUT2D eigenvalue weighted by Gasteiger charge is 2.29. The van der Waals surface area contributed by atoms with Crippen molar-refractivity contribution in [1.29, 1.82) is 0 Å². The van der Waals surface area contributed by atoms with E-state index in [1.165, 1.54) is 26.4 Å². The molecular formula is C20H21BrN2O3. The van der Waals surface area contributed by atoms with Gasteiger partial charge in [0, 0.05) is 16.4 Å². The van der Waals surface area contributed by atoms with Crippen LogP contribution >= 0.6 is 15.9 Å². The highest BCUT2D eigenvalue weighted by atomic mass is 79.9. The van der Waals surface area contributed by atoms with Gasteiger partial charge in [0.15, 0.2) is 0 Å². The van der Waals surface area contributed by atoms with E-state index < -0.39 is 5.97 Å². The molecule has 0 radical (unpaired) electrons. The summed E-state index contributed by atoms with van der Waals surface area (Å²) >= 11 is 3.38. The number of nitrogens with one attached hydrogen (secondary N) is 1. The Morgan fingerprint density at radius 3 is 2.50 bits per heavy atom. The number of pyridine rings is 1. The minimum atomic E-state index is -0.398. The number of hydrogen-bond acceptors (Lipinski definition) is 4. The van der Waals surface area contributed by atoms with Crippen molar-refractivity contribution >= 4 is 33.5 Å². The SMILES string of the molecule is COC(=O)c1ccc(NC(=O)C(CC2CCC2)c2ccc(Br)cn2)cc1. The molecule has 1 N–H and O–H groups in total. The van der Waals surface area contributed by atoms with Crippen molar-refractivity contribution in [3.8, 4) is 0 Å². The molecule has 26 heavy (non-hydrogen) atoms. The number of nitrogens with zero attached hydrogens (tertiary/aromatic N) is 1. The lowest BCUT2D eigenvalue weighted by molar-refractivity contribution is -0.118. The van der Waals surface area contributed by atoms with Gasteiger partial charge >= 0.3 is 5.97 Å². The predicted molar refractivity (Wildman–Crippen MR) is 103 cm³/mol. The molecular weight excluding hydrogens is 396 g/mol. The lowest BCUT2D eigenvalue weighted by Gasteiger charge is -2.29. The summed E-state index contributed by atoms with van der Waals surface area (Å²) in [5.41, 5.74) is 1.88. The summed E-state index contributed by atoms with van der Waals surface area (Å²) in [4.78, 5) is 28.8. The largest absolute Gasteiger partial charge is 0.465 e. The Labute approximate surface area is 161 Å². The first-order valence-corrected chi connectivity index (χ1v) is 9.47. The van der Waals surface area contributed by atoms with Crippen LogP contribution in [0.4, 0.5) is 5.69 Å². The zero-order valence-electron chi connectivity index (χ0n) is 14.6. The van der Waals surface area contributed by atoms with Crippen molar-refractivity contribution in [2.24, 2.45) is 5.92 Å². The molecule has 1 fully saturated rings. The number of methoxy groups -OCH3 is 1. The fraction of sp³-hybridized carbons (Fsp3) is 0.350. The number of aromatic nitrogens is 1. The number of carbonyl (C=O) groups is 2. The first-order chi connectivity index (χ1) is 12.6. The fourth-order valence-electron chi connectivity index (χ4n) is 3.05. The molecule has 1 saturated carbocycles. The van der Waals surface area contributed by atoms with Crippen molar-refractivity contribution in [1.82, 2.24) is 4.98 Å². The maximum Gasteiger partial charge on any atom is 0.337 e. The van der Waals surface area contributed by atoms with Crippen LogP contribution < -0.4 is 5.32 Å². The van der Waals surface area contributed by atoms with Crippen LogP contribution in [-0.4, -0.2) is 24.0 Å². The average Bonchev–Trinajstić information content (AvgIpc) is 2.62. The third-order valence-electron chi connectivity index (χ3n) is 4.79. The second-order valence-electron chi connectivity index (χ2n) is 6.54. The molecule has 3 rings (SSSR count). The number of rotatable bonds is 6. The fourth-order valence-corrected chi connectivity index (χ4v) is 3.29. The summed E-state index contributed by atoms with van der Waals surface area (Å²) in [5.74, 6) is -0.172. The van der Waals surface area contributed by atoms with E-state index in [9.17, 15) is 9.59 Å². The van der Waals surface area contributed by atoms with Crippen LogP contribution in [0.2, 0.25) is 0 Å². The van der Waals surface area contributed by atoms with Crippen LogP contribution in [-0.2, 0) is 9.53 Å². The monoisotopic (exact) mass is 416 g/mol. The van der Waals surface area contributed by atoms with Gasteiger partial charge < -0.3 is 10.1 Å². The number of benzene rings is 1. The topological polar surface area (TPSA) is 68.3 Å². The third kappa shape index (κ3) is 4.49. The van der Waals surface area contributed by atoms with E-state index in [-0.39, 0.29) is 11.8 Å². The van der Waals surface area contributed by atoms with Gasteiger partial charge in [-0.25, -0.2) is 4.79 Å². The van der Waals surface area contributed by atoms with Gasteiger partial charge in [-0.3, -0.25) is 9.78 Å². The van der Waals surface area contributed by atoms with Crippen LogP contribution in [0.25, 0.3) is 0 Å². The van der Waals surface area contributed by atoms with E-state index in [1.807, 2.05) is 12.1 Å². The van der Waals surface area contributed by atoms with Crippen LogP contribution in [0.1, 0.15) is 47.7 Å². The molecule has 1 amide bonds. The molecule has 1 atom stereocenters. The molecule has 0 bridgehead atoms. The standard InChI is InChI=1S/C20H21BrN2O3/c1-26-20(25)14-5-8-16(9-6-14)23-19(24)17(11-13-3-2-4-13)18-10-7-15(21)12-22-18/h5-10,12-13,17H,2-4,11H2,1H3,(H,23,24). The number of anilines is 1. The highest BCUT2D eigenvalue weighted by molar-refractivity contribution is 9.10. The Balaban J connectivity index is 1.74. The second kappa shape index (κ2) is 8.45. The molecule has 0 spiro atoms. The van der Waals surface area contributed by atoms with E-state index in [2.05, 4.69) is 31.0 Å². The van der Waals surface area contributed by atoms with Crippen LogP contribution in [0.5, 0.6) is 0 Å². The molecule has 0 saturated heterocycles. The Morgan fingerprint density at radius 1 is 1.23 bits per heavy atom. The maximum atomic E-state index is 12.9. The van der Waals surface area contributed by atoms with Gasteiger partial charge in [-0.05, 0) is 64.7 Å². The van der Waals surface area contributed by atoms with Crippen LogP contribution in [0.3, 0.4) is 0 Å². The van der Waals surface area contributed by atoms with Crippen molar-refractivity contribution in [3.63, 3.8) is 0 Å². The van der Waals surface area contributed by atoms with E-state index in [1.54, 1.807) is 30.5 Å². The molecule has 1 heterocycles. The van der Waals surface area contributed by atoms with Gasteiger partial charge in [0.1, 0.15) is 0 Å². The molecule has 1 aliphatic rings. The van der Waals surface area contributed by atoms with Crippen molar-refractivity contribution in [3.05, 3.63) is 58.3 Å². The lowest BCUT2D eigenvalue weighted by atomic mass is 9.78. The van der Waals surface area contributed by atoms with Crippen molar-refractivity contribution in [2.45, 2.75) is 31.6 Å². The number of ether oxygens (including phenoxy) is 1. The molecule has 0 aliphatic heterocycles. The lowest BCUT2D eigenvalue weighted by Crippen LogP contribution is -2.26. The van der Waals surface area contributed by atoms with E-state index in [0.29, 0.717) is 17.2 Å². The number of esters is 1. The maximum absolute atomic E-state index is 12.9. The summed E-state index contributed by atoms with van der Waals surface area (Å²) in [6.45, 7) is 0. The molecule has 1 aromatic heterocycles. The van der Waals surface area contributed by atoms with E-state index >= 15 is 0 Å². The molecule has 1 aromatic carbocycles.